The fourth-order valence-electron chi connectivity index (χ4n) is 5.42. The van der Waals surface area contributed by atoms with E-state index in [-0.39, 0.29) is 23.5 Å². The highest BCUT2D eigenvalue weighted by Gasteiger charge is 2.60. The number of methoxy groups -OCH3 is 1. The Kier molecular flexibility index (Phi) is 5.79. The Morgan fingerprint density at radius 1 is 1.43 bits per heavy atom. The molecule has 6 nitrogen and oxygen atoms in total. The van der Waals surface area contributed by atoms with E-state index in [0.717, 1.165) is 31.5 Å². The number of hydrogen-bond acceptors (Lipinski definition) is 5. The highest BCUT2D eigenvalue weighted by molar-refractivity contribution is 5.69. The van der Waals surface area contributed by atoms with Gasteiger partial charge in [0.05, 0.1) is 44.3 Å². The van der Waals surface area contributed by atoms with Gasteiger partial charge in [-0.2, -0.15) is 0 Å². The molecule has 0 N–H and O–H groups in total. The van der Waals surface area contributed by atoms with E-state index in [1.54, 1.807) is 0 Å². The zero-order valence-corrected chi connectivity index (χ0v) is 17.5. The fourth-order valence-corrected chi connectivity index (χ4v) is 5.42. The van der Waals surface area contributed by atoms with E-state index in [9.17, 15) is 13.6 Å². The number of fused-ring (bicyclic) bond motifs is 1. The Hall–Kier alpha value is -2.09. The Bertz CT molecular complexity index is 792. The molecule has 1 aromatic heterocycles. The molecule has 0 radical (unpaired) electrons. The second-order valence-electron chi connectivity index (χ2n) is 8.92. The van der Waals surface area contributed by atoms with Crippen molar-refractivity contribution in [1.82, 2.24) is 14.9 Å². The molecule has 1 aromatic rings. The van der Waals surface area contributed by atoms with Gasteiger partial charge in [-0.1, -0.05) is 13.0 Å². The van der Waals surface area contributed by atoms with Gasteiger partial charge in [0.15, 0.2) is 5.82 Å². The second-order valence-corrected chi connectivity index (χ2v) is 8.92. The van der Waals surface area contributed by atoms with Crippen LogP contribution in [0.5, 0.6) is 0 Å². The summed E-state index contributed by atoms with van der Waals surface area (Å²) < 4.78 is 38.6. The first kappa shape index (κ1) is 21.2. The summed E-state index contributed by atoms with van der Waals surface area (Å²) in [6.45, 7) is 5.90. The van der Waals surface area contributed by atoms with E-state index in [1.807, 2.05) is 6.92 Å². The summed E-state index contributed by atoms with van der Waals surface area (Å²) in [6.07, 6.45) is 6.16. The molecule has 1 amide bonds. The molecule has 164 valence electrons. The van der Waals surface area contributed by atoms with Crippen molar-refractivity contribution in [3.05, 3.63) is 36.7 Å². The molecule has 1 aliphatic heterocycles. The van der Waals surface area contributed by atoms with Crippen LogP contribution in [0.1, 0.15) is 44.9 Å². The largest absolute Gasteiger partial charge is 0.453 e. The zero-order valence-electron chi connectivity index (χ0n) is 17.5. The van der Waals surface area contributed by atoms with Crippen LogP contribution in [-0.2, 0) is 14.9 Å². The predicted molar refractivity (Wildman–Crippen MR) is 106 cm³/mol. The quantitative estimate of drug-likeness (QED) is 0.654. The molecule has 3 aliphatic rings. The molecule has 0 bridgehead atoms. The summed E-state index contributed by atoms with van der Waals surface area (Å²) in [5.41, 5.74) is -0.0389. The average Bonchev–Trinajstić information content (AvgIpc) is 3.40. The van der Waals surface area contributed by atoms with Gasteiger partial charge in [-0.05, 0) is 43.9 Å². The van der Waals surface area contributed by atoms with Crippen LogP contribution in [0.15, 0.2) is 25.0 Å². The van der Waals surface area contributed by atoms with E-state index in [2.05, 4.69) is 16.5 Å². The lowest BCUT2D eigenvalue weighted by atomic mass is 9.86. The van der Waals surface area contributed by atoms with Gasteiger partial charge in [0, 0.05) is 5.41 Å². The monoisotopic (exact) mass is 421 g/mol. The minimum absolute atomic E-state index is 0.0389. The van der Waals surface area contributed by atoms with Crippen LogP contribution in [0.2, 0.25) is 0 Å². The Balaban J connectivity index is 1.36. The van der Waals surface area contributed by atoms with Crippen LogP contribution < -0.4 is 0 Å². The van der Waals surface area contributed by atoms with Crippen LogP contribution in [0.4, 0.5) is 13.6 Å². The van der Waals surface area contributed by atoms with Crippen molar-refractivity contribution >= 4 is 6.09 Å². The van der Waals surface area contributed by atoms with Crippen LogP contribution in [-0.4, -0.2) is 59.0 Å². The van der Waals surface area contributed by atoms with E-state index in [1.165, 1.54) is 30.5 Å². The molecular formula is C22H29F2N3O3. The average molecular weight is 421 g/mol. The van der Waals surface area contributed by atoms with Crippen LogP contribution in [0.25, 0.3) is 0 Å². The number of amides is 1. The van der Waals surface area contributed by atoms with Crippen molar-refractivity contribution < 1.29 is 23.0 Å². The maximum absolute atomic E-state index is 14.4. The van der Waals surface area contributed by atoms with Crippen molar-refractivity contribution in [1.29, 1.82) is 0 Å². The lowest BCUT2D eigenvalue weighted by molar-refractivity contribution is -0.0162. The third kappa shape index (κ3) is 3.70. The number of halogens is 2. The van der Waals surface area contributed by atoms with Crippen LogP contribution in [0.3, 0.4) is 0 Å². The predicted octanol–water partition coefficient (Wildman–Crippen LogP) is 3.81. The Morgan fingerprint density at radius 3 is 2.80 bits per heavy atom. The van der Waals surface area contributed by atoms with Gasteiger partial charge in [-0.3, -0.25) is 4.90 Å². The minimum Gasteiger partial charge on any atom is -0.453 e. The number of aromatic nitrogens is 2. The minimum atomic E-state index is -1.30. The summed E-state index contributed by atoms with van der Waals surface area (Å²) >= 11 is 0. The summed E-state index contributed by atoms with van der Waals surface area (Å²) in [4.78, 5) is 22.2. The summed E-state index contributed by atoms with van der Waals surface area (Å²) in [7, 11) is 1.31. The lowest BCUT2D eigenvalue weighted by Gasteiger charge is -2.33. The molecule has 3 fully saturated rings. The number of hydrogen-bond donors (Lipinski definition) is 0. The van der Waals surface area contributed by atoms with Crippen molar-refractivity contribution in [2.45, 2.75) is 68.8 Å². The molecule has 0 spiro atoms. The SMILES string of the molecule is C=CC(F)[C@@H]1C[C@H](C)[C@H](COC2CCC3(c4ncc(F)cn4)CC3C2)N1C(=O)OC. The van der Waals surface area contributed by atoms with Gasteiger partial charge in [0.2, 0.25) is 0 Å². The van der Waals surface area contributed by atoms with Crippen molar-refractivity contribution in [3.8, 4) is 0 Å². The van der Waals surface area contributed by atoms with Gasteiger partial charge in [-0.25, -0.2) is 23.5 Å². The topological polar surface area (TPSA) is 64.6 Å². The van der Waals surface area contributed by atoms with E-state index < -0.39 is 24.1 Å². The van der Waals surface area contributed by atoms with Crippen molar-refractivity contribution in [3.63, 3.8) is 0 Å². The number of carbonyl (C=O) groups excluding carboxylic acids is 1. The maximum Gasteiger partial charge on any atom is 0.410 e. The highest BCUT2D eigenvalue weighted by atomic mass is 19.1. The van der Waals surface area contributed by atoms with Gasteiger partial charge in [0.25, 0.3) is 0 Å². The third-order valence-corrected chi connectivity index (χ3v) is 7.22. The number of ether oxygens (including phenoxy) is 2. The standard InChI is InChI=1S/C22H29F2N3O3/c1-4-17(24)18-7-13(2)19(27(18)21(28)29-3)12-30-16-5-6-22(9-14(22)8-16)20-25-10-15(23)11-26-20/h4,10-11,13-14,16-19H,1,5-9,12H2,2-3H3/t13-,14?,16?,17?,18-,19-,22?/m0/s1. The van der Waals surface area contributed by atoms with E-state index in [4.69, 9.17) is 9.47 Å². The molecular weight excluding hydrogens is 392 g/mol. The molecule has 2 aliphatic carbocycles. The maximum atomic E-state index is 14.4. The molecule has 8 heteroatoms. The molecule has 1 saturated heterocycles. The Morgan fingerprint density at radius 2 is 2.17 bits per heavy atom. The molecule has 7 atom stereocenters. The van der Waals surface area contributed by atoms with Gasteiger partial charge in [0.1, 0.15) is 12.0 Å². The molecule has 0 aromatic carbocycles. The molecule has 4 unspecified atom stereocenters. The Labute approximate surface area is 175 Å². The zero-order chi connectivity index (χ0) is 21.5. The summed E-state index contributed by atoms with van der Waals surface area (Å²) in [6, 6.07) is -0.802. The number of likely N-dealkylation sites (tertiary alicyclic amines) is 1. The van der Waals surface area contributed by atoms with Crippen LogP contribution >= 0.6 is 0 Å². The second kappa shape index (κ2) is 8.21. The number of alkyl halides is 1. The normalized spacial score (nSPS) is 36.1. The molecule has 30 heavy (non-hydrogen) atoms. The third-order valence-electron chi connectivity index (χ3n) is 7.22. The number of rotatable bonds is 6. The highest BCUT2D eigenvalue weighted by Crippen LogP contribution is 2.61. The first-order valence-corrected chi connectivity index (χ1v) is 10.6. The number of carbonyl (C=O) groups is 1. The van der Waals surface area contributed by atoms with E-state index >= 15 is 0 Å². The first-order valence-electron chi connectivity index (χ1n) is 10.6. The molecule has 2 saturated carbocycles. The first-order chi connectivity index (χ1) is 14.4. The van der Waals surface area contributed by atoms with Crippen molar-refractivity contribution in [2.75, 3.05) is 13.7 Å². The molecule has 4 rings (SSSR count). The van der Waals surface area contributed by atoms with Crippen LogP contribution in [0, 0.1) is 17.7 Å². The summed E-state index contributed by atoms with van der Waals surface area (Å²) in [5, 5.41) is 0. The van der Waals surface area contributed by atoms with E-state index in [0.29, 0.717) is 18.9 Å². The summed E-state index contributed by atoms with van der Waals surface area (Å²) in [5.74, 6) is 0.844. The smallest absolute Gasteiger partial charge is 0.410 e. The number of nitrogens with zero attached hydrogens (tertiary/aromatic N) is 3. The van der Waals surface area contributed by atoms with Crippen molar-refractivity contribution in [2.24, 2.45) is 11.8 Å². The van der Waals surface area contributed by atoms with Gasteiger partial charge < -0.3 is 9.47 Å². The fraction of sp³-hybridized carbons (Fsp3) is 0.682. The van der Waals surface area contributed by atoms with Gasteiger partial charge in [-0.15, -0.1) is 6.58 Å². The molecule has 2 heterocycles. The van der Waals surface area contributed by atoms with Gasteiger partial charge >= 0.3 is 6.09 Å². The lowest BCUT2D eigenvalue weighted by Crippen LogP contribution is -2.47.